The first-order valence-corrected chi connectivity index (χ1v) is 4.99. The van der Waals surface area contributed by atoms with Crippen molar-refractivity contribution < 1.29 is 31.4 Å². The predicted molar refractivity (Wildman–Crippen MR) is 52.0 cm³/mol. The number of hydrogen-bond donors (Lipinski definition) is 0. The van der Waals surface area contributed by atoms with Crippen LogP contribution in [0, 0.1) is 0 Å². The highest BCUT2D eigenvalue weighted by molar-refractivity contribution is 6.17. The van der Waals surface area contributed by atoms with Crippen molar-refractivity contribution in [2.45, 2.75) is 18.7 Å². The van der Waals surface area contributed by atoms with Gasteiger partial charge in [-0.1, -0.05) is 0 Å². The van der Waals surface area contributed by atoms with Gasteiger partial charge < -0.3 is 9.47 Å². The molecule has 0 N–H and O–H groups in total. The first kappa shape index (κ1) is 14.7. The molecule has 1 rings (SSSR count). The zero-order valence-electron chi connectivity index (χ0n) is 8.89. The van der Waals surface area contributed by atoms with Gasteiger partial charge in [0.1, 0.15) is 5.75 Å². The lowest BCUT2D eigenvalue weighted by Gasteiger charge is -2.17. The van der Waals surface area contributed by atoms with E-state index in [9.17, 15) is 22.0 Å². The van der Waals surface area contributed by atoms with Crippen LogP contribution in [0.25, 0.3) is 0 Å². The van der Waals surface area contributed by atoms with Crippen molar-refractivity contribution in [3.05, 3.63) is 17.3 Å². The van der Waals surface area contributed by atoms with Crippen molar-refractivity contribution in [2.24, 2.45) is 0 Å². The third kappa shape index (κ3) is 3.34. The monoisotopic (exact) mass is 291 g/mol. The average molecular weight is 292 g/mol. The molecule has 0 atom stereocenters. The largest absolute Gasteiger partial charge is 0.573 e. The Morgan fingerprint density at radius 1 is 1.39 bits per heavy atom. The SMILES string of the molecule is COc1ncc(C(F)F)c(OC(F)(F)F)c1CCl. The van der Waals surface area contributed by atoms with Crippen molar-refractivity contribution in [3.8, 4) is 11.6 Å². The van der Waals surface area contributed by atoms with Crippen LogP contribution in [0.4, 0.5) is 22.0 Å². The molecule has 0 fully saturated rings. The maximum Gasteiger partial charge on any atom is 0.573 e. The van der Waals surface area contributed by atoms with Gasteiger partial charge in [-0.3, -0.25) is 0 Å². The van der Waals surface area contributed by atoms with E-state index in [4.69, 9.17) is 11.6 Å². The molecule has 1 heterocycles. The fourth-order valence-corrected chi connectivity index (χ4v) is 1.46. The van der Waals surface area contributed by atoms with Crippen molar-refractivity contribution in [1.29, 1.82) is 0 Å². The Morgan fingerprint density at radius 3 is 2.39 bits per heavy atom. The molecule has 0 saturated carbocycles. The van der Waals surface area contributed by atoms with Crippen LogP contribution in [0.1, 0.15) is 17.6 Å². The first-order valence-electron chi connectivity index (χ1n) is 4.45. The summed E-state index contributed by atoms with van der Waals surface area (Å²) in [5.74, 6) is -1.88. The van der Waals surface area contributed by atoms with Crippen LogP contribution in [-0.4, -0.2) is 18.5 Å². The summed E-state index contributed by atoms with van der Waals surface area (Å²) in [5.41, 5.74) is -1.38. The van der Waals surface area contributed by atoms with Gasteiger partial charge in [0, 0.05) is 6.20 Å². The van der Waals surface area contributed by atoms with E-state index in [0.29, 0.717) is 6.20 Å². The minimum atomic E-state index is -5.11. The molecule has 0 aromatic carbocycles. The van der Waals surface area contributed by atoms with Crippen molar-refractivity contribution in [2.75, 3.05) is 7.11 Å². The van der Waals surface area contributed by atoms with E-state index < -0.39 is 30.0 Å². The molecule has 18 heavy (non-hydrogen) atoms. The van der Waals surface area contributed by atoms with Gasteiger partial charge in [0.25, 0.3) is 6.43 Å². The van der Waals surface area contributed by atoms with Crippen LogP contribution in [0.15, 0.2) is 6.20 Å². The van der Waals surface area contributed by atoms with Gasteiger partial charge in [0.05, 0.1) is 24.1 Å². The molecule has 0 aliphatic heterocycles. The average Bonchev–Trinajstić information content (AvgIpc) is 2.25. The topological polar surface area (TPSA) is 31.4 Å². The molecule has 0 aliphatic rings. The van der Waals surface area contributed by atoms with E-state index in [1.54, 1.807) is 0 Å². The van der Waals surface area contributed by atoms with Crippen LogP contribution in [0.2, 0.25) is 0 Å². The molecule has 0 saturated heterocycles. The van der Waals surface area contributed by atoms with E-state index in [2.05, 4.69) is 14.5 Å². The van der Waals surface area contributed by atoms with Crippen molar-refractivity contribution in [3.63, 3.8) is 0 Å². The third-order valence-electron chi connectivity index (χ3n) is 1.90. The Morgan fingerprint density at radius 2 is 2.00 bits per heavy atom. The Bertz CT molecular complexity index is 424. The number of aromatic nitrogens is 1. The zero-order valence-corrected chi connectivity index (χ0v) is 9.65. The molecule has 1 aromatic heterocycles. The zero-order chi connectivity index (χ0) is 13.9. The molecular formula is C9H7ClF5NO2. The molecule has 0 amide bonds. The highest BCUT2D eigenvalue weighted by Gasteiger charge is 2.35. The highest BCUT2D eigenvalue weighted by atomic mass is 35.5. The predicted octanol–water partition coefficient (Wildman–Crippen LogP) is 3.67. The number of pyridine rings is 1. The smallest absolute Gasteiger partial charge is 0.481 e. The lowest BCUT2D eigenvalue weighted by molar-refractivity contribution is -0.275. The van der Waals surface area contributed by atoms with Crippen molar-refractivity contribution in [1.82, 2.24) is 4.98 Å². The second-order valence-corrected chi connectivity index (χ2v) is 3.28. The second kappa shape index (κ2) is 5.55. The summed E-state index contributed by atoms with van der Waals surface area (Å²) in [6, 6.07) is 0. The normalized spacial score (nSPS) is 11.8. The second-order valence-electron chi connectivity index (χ2n) is 3.01. The summed E-state index contributed by atoms with van der Waals surface area (Å²) in [4.78, 5) is 3.45. The Kier molecular flexibility index (Phi) is 4.55. The maximum atomic E-state index is 12.6. The van der Waals surface area contributed by atoms with Crippen LogP contribution in [0.5, 0.6) is 11.6 Å². The Balaban J connectivity index is 3.38. The first-order chi connectivity index (χ1) is 8.30. The summed E-state index contributed by atoms with van der Waals surface area (Å²) in [6.45, 7) is 0. The number of hydrogen-bond acceptors (Lipinski definition) is 3. The van der Waals surface area contributed by atoms with Crippen LogP contribution in [-0.2, 0) is 5.88 Å². The van der Waals surface area contributed by atoms with Crippen LogP contribution >= 0.6 is 11.6 Å². The van der Waals surface area contributed by atoms with Gasteiger partial charge in [-0.2, -0.15) is 0 Å². The summed E-state index contributed by atoms with van der Waals surface area (Å²) in [5, 5.41) is 0. The third-order valence-corrected chi connectivity index (χ3v) is 2.16. The van der Waals surface area contributed by atoms with E-state index in [0.717, 1.165) is 7.11 Å². The molecule has 9 heteroatoms. The van der Waals surface area contributed by atoms with Gasteiger partial charge in [-0.05, 0) is 0 Å². The minimum absolute atomic E-state index is 0.298. The summed E-state index contributed by atoms with van der Waals surface area (Å²) >= 11 is 5.41. The quantitative estimate of drug-likeness (QED) is 0.626. The lowest BCUT2D eigenvalue weighted by Crippen LogP contribution is -2.19. The van der Waals surface area contributed by atoms with E-state index in [-0.39, 0.29) is 11.4 Å². The van der Waals surface area contributed by atoms with Crippen molar-refractivity contribution >= 4 is 11.6 Å². The number of rotatable bonds is 4. The lowest BCUT2D eigenvalue weighted by atomic mass is 10.2. The van der Waals surface area contributed by atoms with E-state index in [1.807, 2.05) is 0 Å². The number of alkyl halides is 6. The standard InChI is InChI=1S/C9H7ClF5NO2/c1-17-8-4(2-10)6(18-9(13,14)15)5(3-16-8)7(11)12/h3,7H,2H2,1H3. The molecule has 1 aromatic rings. The molecular weight excluding hydrogens is 285 g/mol. The summed E-state index contributed by atoms with van der Waals surface area (Å²) in [7, 11) is 1.12. The number of methoxy groups -OCH3 is 1. The van der Waals surface area contributed by atoms with E-state index in [1.165, 1.54) is 0 Å². The summed E-state index contributed by atoms with van der Waals surface area (Å²) in [6.07, 6.45) is -7.74. The Labute approximate surface area is 103 Å². The molecule has 3 nitrogen and oxygen atoms in total. The molecule has 0 unspecified atom stereocenters. The van der Waals surface area contributed by atoms with Gasteiger partial charge in [0.15, 0.2) is 0 Å². The molecule has 0 bridgehead atoms. The highest BCUT2D eigenvalue weighted by Crippen LogP contribution is 2.39. The molecule has 0 spiro atoms. The fraction of sp³-hybridized carbons (Fsp3) is 0.444. The maximum absolute atomic E-state index is 12.6. The number of ether oxygens (including phenoxy) is 2. The van der Waals surface area contributed by atoms with E-state index >= 15 is 0 Å². The molecule has 102 valence electrons. The number of halogens is 6. The van der Waals surface area contributed by atoms with Crippen LogP contribution in [0.3, 0.4) is 0 Å². The molecule has 0 aliphatic carbocycles. The van der Waals surface area contributed by atoms with Gasteiger partial charge in [0.2, 0.25) is 5.88 Å². The summed E-state index contributed by atoms with van der Waals surface area (Å²) < 4.78 is 69.9. The Hall–Kier alpha value is -1.31. The van der Waals surface area contributed by atoms with Gasteiger partial charge in [-0.15, -0.1) is 24.8 Å². The fourth-order valence-electron chi connectivity index (χ4n) is 1.22. The van der Waals surface area contributed by atoms with Gasteiger partial charge in [-0.25, -0.2) is 13.8 Å². The molecule has 0 radical (unpaired) electrons. The van der Waals surface area contributed by atoms with Crippen LogP contribution < -0.4 is 9.47 Å². The minimum Gasteiger partial charge on any atom is -0.481 e. The van der Waals surface area contributed by atoms with Gasteiger partial charge >= 0.3 is 6.36 Å². The number of nitrogens with zero attached hydrogens (tertiary/aromatic N) is 1.